The molecule has 0 aliphatic heterocycles. The third-order valence-electron chi connectivity index (χ3n) is 5.46. The number of aryl methyl sites for hydroxylation is 2. The van der Waals surface area contributed by atoms with Crippen LogP contribution in [-0.4, -0.2) is 11.8 Å². The zero-order valence-electron chi connectivity index (χ0n) is 18.2. The van der Waals surface area contributed by atoms with Crippen LogP contribution >= 0.6 is 0 Å². The molecule has 2 N–H and O–H groups in total. The molecule has 0 unspecified atom stereocenters. The number of amides is 2. The van der Waals surface area contributed by atoms with Crippen LogP contribution in [0.25, 0.3) is 11.0 Å². The highest BCUT2D eigenvalue weighted by molar-refractivity contribution is 6.14. The molecule has 158 valence electrons. The molecule has 5 heteroatoms. The molecule has 0 aliphatic carbocycles. The molecule has 3 rings (SSSR count). The topological polar surface area (TPSA) is 71.3 Å². The lowest BCUT2D eigenvalue weighted by Gasteiger charge is -2.15. The molecule has 0 radical (unpaired) electrons. The average Bonchev–Trinajstić information content (AvgIpc) is 3.09. The van der Waals surface area contributed by atoms with Crippen LogP contribution in [-0.2, 0) is 4.79 Å². The van der Waals surface area contributed by atoms with Gasteiger partial charge >= 0.3 is 0 Å². The van der Waals surface area contributed by atoms with Crippen LogP contribution in [0.3, 0.4) is 0 Å². The van der Waals surface area contributed by atoms with Crippen LogP contribution in [0.15, 0.2) is 46.9 Å². The number of rotatable bonds is 8. The SMILES string of the molecule is CCCC(CCC)C(=O)Nc1c(C(=O)Nc2ccc(C)c(C)c2)oc2ccccc12. The summed E-state index contributed by atoms with van der Waals surface area (Å²) in [6.07, 6.45) is 3.51. The largest absolute Gasteiger partial charge is 0.449 e. The number of para-hydroxylation sites is 1. The van der Waals surface area contributed by atoms with Crippen molar-refractivity contribution in [3.63, 3.8) is 0 Å². The maximum absolute atomic E-state index is 13.0. The monoisotopic (exact) mass is 406 g/mol. The van der Waals surface area contributed by atoms with Gasteiger partial charge in [-0.15, -0.1) is 0 Å². The van der Waals surface area contributed by atoms with Crippen LogP contribution in [0, 0.1) is 19.8 Å². The van der Waals surface area contributed by atoms with E-state index in [-0.39, 0.29) is 23.5 Å². The van der Waals surface area contributed by atoms with Crippen molar-refractivity contribution in [2.75, 3.05) is 10.6 Å². The third kappa shape index (κ3) is 4.73. The highest BCUT2D eigenvalue weighted by atomic mass is 16.3. The van der Waals surface area contributed by atoms with Crippen molar-refractivity contribution < 1.29 is 14.0 Å². The van der Waals surface area contributed by atoms with E-state index in [0.29, 0.717) is 17.0 Å². The lowest BCUT2D eigenvalue weighted by atomic mass is 9.97. The minimum absolute atomic E-state index is 0.0644. The number of fused-ring (bicyclic) bond motifs is 1. The van der Waals surface area contributed by atoms with Gasteiger partial charge in [-0.3, -0.25) is 9.59 Å². The molecule has 0 fully saturated rings. The Bertz CT molecular complexity index is 1050. The van der Waals surface area contributed by atoms with Gasteiger partial charge in [-0.1, -0.05) is 44.9 Å². The Kier molecular flexibility index (Phi) is 6.93. The molecule has 2 amide bonds. The number of hydrogen-bond acceptors (Lipinski definition) is 3. The summed E-state index contributed by atoms with van der Waals surface area (Å²) >= 11 is 0. The predicted octanol–water partition coefficient (Wildman–Crippen LogP) is 6.46. The number of carbonyl (C=O) groups excluding carboxylic acids is 2. The first-order valence-electron chi connectivity index (χ1n) is 10.7. The van der Waals surface area contributed by atoms with Gasteiger partial charge in [0, 0.05) is 17.0 Å². The van der Waals surface area contributed by atoms with Crippen LogP contribution in [0.4, 0.5) is 11.4 Å². The lowest BCUT2D eigenvalue weighted by molar-refractivity contribution is -0.120. The molecule has 0 spiro atoms. The number of anilines is 2. The molecule has 0 bridgehead atoms. The molecular formula is C25H30N2O3. The molecule has 5 nitrogen and oxygen atoms in total. The Labute approximate surface area is 177 Å². The van der Waals surface area contributed by atoms with E-state index in [4.69, 9.17) is 4.42 Å². The van der Waals surface area contributed by atoms with Crippen molar-refractivity contribution in [1.82, 2.24) is 0 Å². The Hall–Kier alpha value is -3.08. The number of nitrogens with one attached hydrogen (secondary N) is 2. The highest BCUT2D eigenvalue weighted by Crippen LogP contribution is 2.32. The first-order valence-corrected chi connectivity index (χ1v) is 10.7. The van der Waals surface area contributed by atoms with E-state index in [1.807, 2.05) is 50.2 Å². The molecule has 1 aromatic heterocycles. The molecule has 0 aliphatic rings. The standard InChI is InChI=1S/C25H30N2O3/c1-5-9-18(10-6-2)24(28)27-22-20-11-7-8-12-21(20)30-23(22)25(29)26-19-14-13-16(3)17(4)15-19/h7-8,11-15,18H,5-6,9-10H2,1-4H3,(H,26,29)(H,27,28). The van der Waals surface area contributed by atoms with Crippen LogP contribution in [0.5, 0.6) is 0 Å². The molecule has 3 aromatic rings. The zero-order valence-corrected chi connectivity index (χ0v) is 18.2. The fourth-order valence-corrected chi connectivity index (χ4v) is 3.67. The number of benzene rings is 2. The summed E-state index contributed by atoms with van der Waals surface area (Å²) < 4.78 is 5.86. The van der Waals surface area contributed by atoms with Crippen molar-refractivity contribution in [2.45, 2.75) is 53.4 Å². The van der Waals surface area contributed by atoms with Gasteiger partial charge in [-0.05, 0) is 62.1 Å². The van der Waals surface area contributed by atoms with Crippen molar-refractivity contribution in [3.05, 3.63) is 59.4 Å². The summed E-state index contributed by atoms with van der Waals surface area (Å²) in [6.45, 7) is 8.17. The van der Waals surface area contributed by atoms with Crippen LogP contribution in [0.1, 0.15) is 61.2 Å². The summed E-state index contributed by atoms with van der Waals surface area (Å²) in [4.78, 5) is 26.0. The molecule has 0 saturated heterocycles. The van der Waals surface area contributed by atoms with Gasteiger partial charge in [0.2, 0.25) is 11.7 Å². The number of carbonyl (C=O) groups is 2. The molecule has 30 heavy (non-hydrogen) atoms. The van der Waals surface area contributed by atoms with Gasteiger partial charge in [0.15, 0.2) is 0 Å². The van der Waals surface area contributed by atoms with Gasteiger partial charge < -0.3 is 15.1 Å². The van der Waals surface area contributed by atoms with Crippen LogP contribution in [0.2, 0.25) is 0 Å². The van der Waals surface area contributed by atoms with Gasteiger partial charge in [-0.25, -0.2) is 0 Å². The minimum atomic E-state index is -0.382. The zero-order chi connectivity index (χ0) is 21.7. The highest BCUT2D eigenvalue weighted by Gasteiger charge is 2.25. The van der Waals surface area contributed by atoms with Crippen molar-refractivity contribution in [2.24, 2.45) is 5.92 Å². The summed E-state index contributed by atoms with van der Waals surface area (Å²) in [6, 6.07) is 13.1. The van der Waals surface area contributed by atoms with Gasteiger partial charge in [0.1, 0.15) is 11.3 Å². The summed E-state index contributed by atoms with van der Waals surface area (Å²) in [5.41, 5.74) is 3.95. The van der Waals surface area contributed by atoms with E-state index in [1.165, 1.54) is 0 Å². The van der Waals surface area contributed by atoms with E-state index in [0.717, 1.165) is 42.2 Å². The second-order valence-electron chi connectivity index (χ2n) is 7.82. The van der Waals surface area contributed by atoms with Gasteiger partial charge in [-0.2, -0.15) is 0 Å². The van der Waals surface area contributed by atoms with E-state index in [2.05, 4.69) is 24.5 Å². The van der Waals surface area contributed by atoms with Crippen LogP contribution < -0.4 is 10.6 Å². The van der Waals surface area contributed by atoms with Crippen molar-refractivity contribution >= 4 is 34.2 Å². The maximum Gasteiger partial charge on any atom is 0.293 e. The fourth-order valence-electron chi connectivity index (χ4n) is 3.67. The first-order chi connectivity index (χ1) is 14.4. The Balaban J connectivity index is 1.93. The normalized spacial score (nSPS) is 11.1. The quantitative estimate of drug-likeness (QED) is 0.451. The van der Waals surface area contributed by atoms with Crippen molar-refractivity contribution in [1.29, 1.82) is 0 Å². The Morgan fingerprint density at radius 2 is 1.63 bits per heavy atom. The second-order valence-corrected chi connectivity index (χ2v) is 7.82. The summed E-state index contributed by atoms with van der Waals surface area (Å²) in [7, 11) is 0. The van der Waals surface area contributed by atoms with E-state index < -0.39 is 0 Å². The lowest BCUT2D eigenvalue weighted by Crippen LogP contribution is -2.24. The fraction of sp³-hybridized carbons (Fsp3) is 0.360. The molecule has 1 heterocycles. The van der Waals surface area contributed by atoms with E-state index >= 15 is 0 Å². The smallest absolute Gasteiger partial charge is 0.293 e. The molecule has 0 atom stereocenters. The van der Waals surface area contributed by atoms with E-state index in [9.17, 15) is 9.59 Å². The van der Waals surface area contributed by atoms with Gasteiger partial charge in [0.25, 0.3) is 5.91 Å². The molecule has 2 aromatic carbocycles. The van der Waals surface area contributed by atoms with Crippen molar-refractivity contribution in [3.8, 4) is 0 Å². The number of hydrogen-bond donors (Lipinski definition) is 2. The van der Waals surface area contributed by atoms with Gasteiger partial charge in [0.05, 0.1) is 0 Å². The molecule has 0 saturated carbocycles. The Morgan fingerprint density at radius 1 is 0.933 bits per heavy atom. The minimum Gasteiger partial charge on any atom is -0.449 e. The first kappa shape index (κ1) is 21.6. The predicted molar refractivity (Wildman–Crippen MR) is 122 cm³/mol. The Morgan fingerprint density at radius 3 is 2.30 bits per heavy atom. The maximum atomic E-state index is 13.0. The summed E-state index contributed by atoms with van der Waals surface area (Å²) in [5, 5.41) is 6.62. The average molecular weight is 407 g/mol. The second kappa shape index (κ2) is 9.61. The summed E-state index contributed by atoms with van der Waals surface area (Å²) in [5.74, 6) is -0.406. The van der Waals surface area contributed by atoms with E-state index in [1.54, 1.807) is 6.07 Å². The third-order valence-corrected chi connectivity index (χ3v) is 5.46. The number of furan rings is 1. The molecular weight excluding hydrogens is 376 g/mol.